The van der Waals surface area contributed by atoms with Crippen molar-refractivity contribution < 1.29 is 19.5 Å². The van der Waals surface area contributed by atoms with Gasteiger partial charge in [-0.15, -0.1) is 0 Å². The molecule has 6 nitrogen and oxygen atoms in total. The average molecular weight is 332 g/mol. The Labute approximate surface area is 142 Å². The molecule has 0 atom stereocenters. The minimum atomic E-state index is -0.566. The minimum Gasteiger partial charge on any atom is -0.507 e. The maximum Gasteiger partial charge on any atom is 0.261 e. The molecule has 0 radical (unpaired) electrons. The molecule has 6 heteroatoms. The largest absolute Gasteiger partial charge is 0.507 e. The predicted octanol–water partition coefficient (Wildman–Crippen LogP) is 2.68. The standard InChI is InChI=1S/C19H12N2O4/c22-15-9-11-5-2-1-4-10(11)8-13(15)18(24)20-14-7-3-6-12-16(14)19(25)21-17(12)23/h1-9,22H,(H,20,24)(H,21,23,25). The van der Waals surface area contributed by atoms with Crippen LogP contribution < -0.4 is 10.6 Å². The van der Waals surface area contributed by atoms with E-state index in [1.54, 1.807) is 12.1 Å². The maximum absolute atomic E-state index is 12.6. The number of carbonyl (C=O) groups is 3. The zero-order valence-corrected chi connectivity index (χ0v) is 12.9. The van der Waals surface area contributed by atoms with Gasteiger partial charge in [-0.2, -0.15) is 0 Å². The van der Waals surface area contributed by atoms with Gasteiger partial charge in [0.25, 0.3) is 17.7 Å². The van der Waals surface area contributed by atoms with Crippen molar-refractivity contribution in [3.05, 3.63) is 71.3 Å². The lowest BCUT2D eigenvalue weighted by Crippen LogP contribution is -2.21. The van der Waals surface area contributed by atoms with Gasteiger partial charge in [0, 0.05) is 0 Å². The van der Waals surface area contributed by atoms with Gasteiger partial charge in [0.05, 0.1) is 22.4 Å². The molecule has 1 heterocycles. The Kier molecular flexibility index (Phi) is 3.25. The molecule has 1 aliphatic rings. The number of imide groups is 1. The van der Waals surface area contributed by atoms with E-state index >= 15 is 0 Å². The van der Waals surface area contributed by atoms with E-state index in [0.29, 0.717) is 0 Å². The number of rotatable bonds is 2. The van der Waals surface area contributed by atoms with Gasteiger partial charge in [-0.3, -0.25) is 19.7 Å². The molecule has 0 aromatic heterocycles. The number of phenols is 1. The number of hydrogen-bond acceptors (Lipinski definition) is 4. The SMILES string of the molecule is O=C(Nc1cccc2c1C(=O)NC2=O)c1cc2ccccc2cc1O. The van der Waals surface area contributed by atoms with Crippen molar-refractivity contribution in [2.45, 2.75) is 0 Å². The number of hydrogen-bond donors (Lipinski definition) is 3. The number of aromatic hydroxyl groups is 1. The highest BCUT2D eigenvalue weighted by Gasteiger charge is 2.30. The van der Waals surface area contributed by atoms with Gasteiger partial charge in [0.2, 0.25) is 0 Å². The van der Waals surface area contributed by atoms with Crippen molar-refractivity contribution >= 4 is 34.2 Å². The van der Waals surface area contributed by atoms with Crippen molar-refractivity contribution in [2.75, 3.05) is 5.32 Å². The number of anilines is 1. The smallest absolute Gasteiger partial charge is 0.261 e. The molecule has 0 bridgehead atoms. The maximum atomic E-state index is 12.6. The molecule has 0 fully saturated rings. The van der Waals surface area contributed by atoms with E-state index in [0.717, 1.165) is 10.8 Å². The molecule has 25 heavy (non-hydrogen) atoms. The molecule has 0 unspecified atom stereocenters. The highest BCUT2D eigenvalue weighted by atomic mass is 16.3. The van der Waals surface area contributed by atoms with Gasteiger partial charge in [-0.25, -0.2) is 0 Å². The lowest BCUT2D eigenvalue weighted by molar-refractivity contribution is 0.0879. The Bertz CT molecular complexity index is 1070. The van der Waals surface area contributed by atoms with Crippen LogP contribution in [0.1, 0.15) is 31.1 Å². The third kappa shape index (κ3) is 2.40. The summed E-state index contributed by atoms with van der Waals surface area (Å²) in [4.78, 5) is 36.2. The molecule has 3 N–H and O–H groups in total. The zero-order chi connectivity index (χ0) is 17.6. The van der Waals surface area contributed by atoms with Crippen LogP contribution in [0.3, 0.4) is 0 Å². The van der Waals surface area contributed by atoms with E-state index in [2.05, 4.69) is 10.6 Å². The zero-order valence-electron chi connectivity index (χ0n) is 12.9. The summed E-state index contributed by atoms with van der Waals surface area (Å²) in [5.41, 5.74) is 0.645. The number of nitrogens with one attached hydrogen (secondary N) is 2. The van der Waals surface area contributed by atoms with Crippen molar-refractivity contribution in [1.29, 1.82) is 0 Å². The summed E-state index contributed by atoms with van der Waals surface area (Å²) in [6.45, 7) is 0. The van der Waals surface area contributed by atoms with E-state index in [-0.39, 0.29) is 28.1 Å². The first-order valence-corrected chi connectivity index (χ1v) is 7.56. The lowest BCUT2D eigenvalue weighted by Gasteiger charge is -2.10. The van der Waals surface area contributed by atoms with Gasteiger partial charge >= 0.3 is 0 Å². The Morgan fingerprint density at radius 1 is 0.920 bits per heavy atom. The molecule has 0 aliphatic carbocycles. The van der Waals surface area contributed by atoms with E-state index in [4.69, 9.17) is 0 Å². The van der Waals surface area contributed by atoms with Crippen LogP contribution in [0.25, 0.3) is 10.8 Å². The van der Waals surface area contributed by atoms with Crippen molar-refractivity contribution in [3.8, 4) is 5.75 Å². The third-order valence-electron chi connectivity index (χ3n) is 4.12. The highest BCUT2D eigenvalue weighted by Crippen LogP contribution is 2.28. The summed E-state index contributed by atoms with van der Waals surface area (Å²) in [6, 6.07) is 15.0. The molecule has 1 aliphatic heterocycles. The first-order chi connectivity index (χ1) is 12.0. The topological polar surface area (TPSA) is 95.5 Å². The number of phenolic OH excluding ortho intramolecular Hbond substituents is 1. The summed E-state index contributed by atoms with van der Waals surface area (Å²) in [6.07, 6.45) is 0. The molecule has 3 aromatic carbocycles. The fourth-order valence-electron chi connectivity index (χ4n) is 2.92. The van der Waals surface area contributed by atoms with Crippen LogP contribution in [0.2, 0.25) is 0 Å². The molecular formula is C19H12N2O4. The second kappa shape index (κ2) is 5.45. The Hall–Kier alpha value is -3.67. The lowest BCUT2D eigenvalue weighted by atomic mass is 10.0. The van der Waals surface area contributed by atoms with E-state index in [1.807, 2.05) is 24.3 Å². The van der Waals surface area contributed by atoms with E-state index in [9.17, 15) is 19.5 Å². The van der Waals surface area contributed by atoms with Crippen molar-refractivity contribution in [3.63, 3.8) is 0 Å². The van der Waals surface area contributed by atoms with Crippen molar-refractivity contribution in [1.82, 2.24) is 5.32 Å². The fourth-order valence-corrected chi connectivity index (χ4v) is 2.92. The summed E-state index contributed by atoms with van der Waals surface area (Å²) >= 11 is 0. The molecule has 122 valence electrons. The molecule has 0 spiro atoms. The molecule has 4 rings (SSSR count). The molecule has 3 amide bonds. The first-order valence-electron chi connectivity index (χ1n) is 7.56. The second-order valence-corrected chi connectivity index (χ2v) is 5.68. The van der Waals surface area contributed by atoms with Gasteiger partial charge < -0.3 is 10.4 Å². The minimum absolute atomic E-state index is 0.0843. The molecule has 3 aromatic rings. The Morgan fingerprint density at radius 2 is 1.64 bits per heavy atom. The van der Waals surface area contributed by atoms with Crippen LogP contribution in [0.5, 0.6) is 5.75 Å². The van der Waals surface area contributed by atoms with Gasteiger partial charge in [0.15, 0.2) is 0 Å². The number of amides is 3. The summed E-state index contributed by atoms with van der Waals surface area (Å²) in [7, 11) is 0. The van der Waals surface area contributed by atoms with Crippen LogP contribution in [0.4, 0.5) is 5.69 Å². The quantitative estimate of drug-likeness (QED) is 0.629. The third-order valence-corrected chi connectivity index (χ3v) is 4.12. The molecule has 0 saturated carbocycles. The van der Waals surface area contributed by atoms with E-state index < -0.39 is 17.7 Å². The van der Waals surface area contributed by atoms with Crippen LogP contribution in [0, 0.1) is 0 Å². The average Bonchev–Trinajstić information content (AvgIpc) is 2.89. The molecular weight excluding hydrogens is 320 g/mol. The summed E-state index contributed by atoms with van der Waals surface area (Å²) < 4.78 is 0. The van der Waals surface area contributed by atoms with Gasteiger partial charge in [-0.1, -0.05) is 30.3 Å². The van der Waals surface area contributed by atoms with Gasteiger partial charge in [0.1, 0.15) is 5.75 Å². The van der Waals surface area contributed by atoms with Crippen molar-refractivity contribution in [2.24, 2.45) is 0 Å². The molecule has 0 saturated heterocycles. The predicted molar refractivity (Wildman–Crippen MR) is 91.8 cm³/mol. The fraction of sp³-hybridized carbons (Fsp3) is 0. The van der Waals surface area contributed by atoms with Crippen LogP contribution in [0.15, 0.2) is 54.6 Å². The van der Waals surface area contributed by atoms with Crippen LogP contribution in [-0.4, -0.2) is 22.8 Å². The Balaban J connectivity index is 1.74. The summed E-state index contributed by atoms with van der Waals surface area (Å²) in [5, 5.41) is 16.6. The summed E-state index contributed by atoms with van der Waals surface area (Å²) in [5.74, 6) is -1.78. The Morgan fingerprint density at radius 3 is 2.40 bits per heavy atom. The van der Waals surface area contributed by atoms with Crippen LogP contribution >= 0.6 is 0 Å². The normalized spacial score (nSPS) is 12.8. The van der Waals surface area contributed by atoms with E-state index in [1.165, 1.54) is 18.2 Å². The second-order valence-electron chi connectivity index (χ2n) is 5.68. The van der Waals surface area contributed by atoms with Crippen LogP contribution in [-0.2, 0) is 0 Å². The number of carbonyl (C=O) groups excluding carboxylic acids is 3. The van der Waals surface area contributed by atoms with Gasteiger partial charge in [-0.05, 0) is 35.0 Å². The first kappa shape index (κ1) is 14.9. The number of fused-ring (bicyclic) bond motifs is 2. The highest BCUT2D eigenvalue weighted by molar-refractivity contribution is 6.25. The number of benzene rings is 3. The monoisotopic (exact) mass is 332 g/mol.